The molecule has 0 aromatic heterocycles. The molecule has 0 aliphatic heterocycles. The highest BCUT2D eigenvalue weighted by atomic mass is 16.4. The number of aliphatic carboxylic acids is 1. The standard InChI is InChI=1S/C12H17NO2/c1-2-6-11(13-9-12(14)15)10-7-4-3-5-8-10/h3-5,7-8,11,13H,2,6,9H2,1H3,(H,14,15). The number of carbonyl (C=O) groups is 1. The van der Waals surface area contributed by atoms with Crippen LogP contribution in [0.25, 0.3) is 0 Å². The molecule has 0 amide bonds. The normalized spacial score (nSPS) is 12.3. The summed E-state index contributed by atoms with van der Waals surface area (Å²) in [6.45, 7) is 2.11. The molecule has 0 aliphatic rings. The van der Waals surface area contributed by atoms with Crippen molar-refractivity contribution in [3.63, 3.8) is 0 Å². The summed E-state index contributed by atoms with van der Waals surface area (Å²) in [4.78, 5) is 10.5. The lowest BCUT2D eigenvalue weighted by Gasteiger charge is -2.17. The summed E-state index contributed by atoms with van der Waals surface area (Å²) in [5.74, 6) is -0.813. The minimum atomic E-state index is -0.813. The van der Waals surface area contributed by atoms with Gasteiger partial charge in [0.25, 0.3) is 0 Å². The smallest absolute Gasteiger partial charge is 0.317 e. The maximum Gasteiger partial charge on any atom is 0.317 e. The molecule has 0 spiro atoms. The van der Waals surface area contributed by atoms with E-state index in [2.05, 4.69) is 12.2 Å². The van der Waals surface area contributed by atoms with Gasteiger partial charge in [-0.05, 0) is 12.0 Å². The van der Waals surface area contributed by atoms with Crippen molar-refractivity contribution in [1.29, 1.82) is 0 Å². The van der Waals surface area contributed by atoms with E-state index in [-0.39, 0.29) is 12.6 Å². The maximum absolute atomic E-state index is 10.5. The Morgan fingerprint density at radius 3 is 2.60 bits per heavy atom. The zero-order valence-corrected chi connectivity index (χ0v) is 8.94. The minimum Gasteiger partial charge on any atom is -0.480 e. The summed E-state index contributed by atoms with van der Waals surface area (Å²) >= 11 is 0. The van der Waals surface area contributed by atoms with Crippen LogP contribution in [0.2, 0.25) is 0 Å². The third kappa shape index (κ3) is 4.13. The zero-order valence-electron chi connectivity index (χ0n) is 8.94. The molecule has 0 fully saturated rings. The van der Waals surface area contributed by atoms with E-state index >= 15 is 0 Å². The van der Waals surface area contributed by atoms with Crippen molar-refractivity contribution >= 4 is 5.97 Å². The van der Waals surface area contributed by atoms with E-state index in [0.717, 1.165) is 18.4 Å². The Morgan fingerprint density at radius 2 is 2.07 bits per heavy atom. The van der Waals surface area contributed by atoms with E-state index in [1.807, 2.05) is 30.3 Å². The number of carboxylic acid groups (broad SMARTS) is 1. The van der Waals surface area contributed by atoms with Crippen LogP contribution in [-0.4, -0.2) is 17.6 Å². The summed E-state index contributed by atoms with van der Waals surface area (Å²) in [5.41, 5.74) is 1.15. The molecule has 0 saturated carbocycles. The fraction of sp³-hybridized carbons (Fsp3) is 0.417. The highest BCUT2D eigenvalue weighted by molar-refractivity contribution is 5.69. The van der Waals surface area contributed by atoms with Gasteiger partial charge in [0.2, 0.25) is 0 Å². The topological polar surface area (TPSA) is 49.3 Å². The van der Waals surface area contributed by atoms with E-state index in [9.17, 15) is 4.79 Å². The summed E-state index contributed by atoms with van der Waals surface area (Å²) < 4.78 is 0. The molecule has 3 heteroatoms. The molecule has 1 aromatic carbocycles. The Labute approximate surface area is 90.1 Å². The van der Waals surface area contributed by atoms with Crippen molar-refractivity contribution in [3.05, 3.63) is 35.9 Å². The highest BCUT2D eigenvalue weighted by Crippen LogP contribution is 2.17. The largest absolute Gasteiger partial charge is 0.480 e. The van der Waals surface area contributed by atoms with Gasteiger partial charge in [0, 0.05) is 6.04 Å². The van der Waals surface area contributed by atoms with E-state index in [1.54, 1.807) is 0 Å². The van der Waals surface area contributed by atoms with E-state index < -0.39 is 5.97 Å². The van der Waals surface area contributed by atoms with Crippen molar-refractivity contribution in [2.24, 2.45) is 0 Å². The average molecular weight is 207 g/mol. The molecule has 1 unspecified atom stereocenters. The Kier molecular flexibility index (Phi) is 4.84. The summed E-state index contributed by atoms with van der Waals surface area (Å²) in [7, 11) is 0. The van der Waals surface area contributed by atoms with Gasteiger partial charge in [0.1, 0.15) is 0 Å². The summed E-state index contributed by atoms with van der Waals surface area (Å²) in [5, 5.41) is 11.7. The van der Waals surface area contributed by atoms with E-state index in [0.29, 0.717) is 0 Å². The van der Waals surface area contributed by atoms with E-state index in [4.69, 9.17) is 5.11 Å². The summed E-state index contributed by atoms with van der Waals surface area (Å²) in [6, 6.07) is 10.1. The quantitative estimate of drug-likeness (QED) is 0.751. The van der Waals surface area contributed by atoms with Crippen LogP contribution >= 0.6 is 0 Å². The van der Waals surface area contributed by atoms with Gasteiger partial charge >= 0.3 is 5.97 Å². The van der Waals surface area contributed by atoms with Gasteiger partial charge in [-0.25, -0.2) is 0 Å². The monoisotopic (exact) mass is 207 g/mol. The molecule has 2 N–H and O–H groups in total. The molecule has 0 aliphatic carbocycles. The fourth-order valence-electron chi connectivity index (χ4n) is 1.57. The molecule has 1 aromatic rings. The molecule has 0 heterocycles. The van der Waals surface area contributed by atoms with Crippen LogP contribution in [0.3, 0.4) is 0 Å². The van der Waals surface area contributed by atoms with Crippen LogP contribution < -0.4 is 5.32 Å². The van der Waals surface area contributed by atoms with Crippen LogP contribution in [0, 0.1) is 0 Å². The van der Waals surface area contributed by atoms with Crippen molar-refractivity contribution in [2.45, 2.75) is 25.8 Å². The first-order valence-corrected chi connectivity index (χ1v) is 5.24. The van der Waals surface area contributed by atoms with Crippen molar-refractivity contribution in [3.8, 4) is 0 Å². The summed E-state index contributed by atoms with van der Waals surface area (Å²) in [6.07, 6.45) is 1.99. The van der Waals surface area contributed by atoms with Crippen LogP contribution in [0.5, 0.6) is 0 Å². The molecule has 0 saturated heterocycles. The number of nitrogens with one attached hydrogen (secondary N) is 1. The van der Waals surface area contributed by atoms with Crippen LogP contribution in [0.15, 0.2) is 30.3 Å². The highest BCUT2D eigenvalue weighted by Gasteiger charge is 2.10. The first-order valence-electron chi connectivity index (χ1n) is 5.24. The molecule has 82 valence electrons. The molecule has 0 radical (unpaired) electrons. The molecular formula is C12H17NO2. The van der Waals surface area contributed by atoms with Gasteiger partial charge in [-0.2, -0.15) is 0 Å². The number of hydrogen-bond donors (Lipinski definition) is 2. The van der Waals surface area contributed by atoms with Crippen molar-refractivity contribution in [1.82, 2.24) is 5.32 Å². The molecule has 1 rings (SSSR count). The predicted molar refractivity (Wildman–Crippen MR) is 59.7 cm³/mol. The molecule has 15 heavy (non-hydrogen) atoms. The second-order valence-corrected chi connectivity index (χ2v) is 3.53. The van der Waals surface area contributed by atoms with Crippen LogP contribution in [-0.2, 0) is 4.79 Å². The van der Waals surface area contributed by atoms with Gasteiger partial charge in [-0.1, -0.05) is 43.7 Å². The molecule has 0 bridgehead atoms. The third-order valence-electron chi connectivity index (χ3n) is 2.28. The Hall–Kier alpha value is -1.35. The lowest BCUT2D eigenvalue weighted by Crippen LogP contribution is -2.27. The first-order chi connectivity index (χ1) is 7.24. The maximum atomic E-state index is 10.5. The number of hydrogen-bond acceptors (Lipinski definition) is 2. The lowest BCUT2D eigenvalue weighted by atomic mass is 10.0. The lowest BCUT2D eigenvalue weighted by molar-refractivity contribution is -0.136. The molecule has 1 atom stereocenters. The van der Waals surface area contributed by atoms with Crippen molar-refractivity contribution < 1.29 is 9.90 Å². The average Bonchev–Trinajstić information content (AvgIpc) is 2.25. The van der Waals surface area contributed by atoms with Crippen molar-refractivity contribution in [2.75, 3.05) is 6.54 Å². The van der Waals surface area contributed by atoms with Gasteiger partial charge in [0.05, 0.1) is 6.54 Å². The number of rotatable bonds is 6. The van der Waals surface area contributed by atoms with Gasteiger partial charge in [-0.15, -0.1) is 0 Å². The SMILES string of the molecule is CCCC(NCC(=O)O)c1ccccc1. The van der Waals surface area contributed by atoms with Gasteiger partial charge < -0.3 is 10.4 Å². The predicted octanol–water partition coefficient (Wildman–Crippen LogP) is 2.20. The molecular weight excluding hydrogens is 190 g/mol. The number of carboxylic acids is 1. The zero-order chi connectivity index (χ0) is 11.1. The Bertz CT molecular complexity index is 298. The number of benzene rings is 1. The van der Waals surface area contributed by atoms with Gasteiger partial charge in [0.15, 0.2) is 0 Å². The second-order valence-electron chi connectivity index (χ2n) is 3.53. The fourth-order valence-corrected chi connectivity index (χ4v) is 1.57. The van der Waals surface area contributed by atoms with E-state index in [1.165, 1.54) is 0 Å². The Balaban J connectivity index is 2.61. The second kappa shape index (κ2) is 6.19. The van der Waals surface area contributed by atoms with Gasteiger partial charge in [-0.3, -0.25) is 4.79 Å². The third-order valence-corrected chi connectivity index (χ3v) is 2.28. The first kappa shape index (κ1) is 11.7. The van der Waals surface area contributed by atoms with Crippen LogP contribution in [0.1, 0.15) is 31.4 Å². The molecule has 3 nitrogen and oxygen atoms in total. The van der Waals surface area contributed by atoms with Crippen LogP contribution in [0.4, 0.5) is 0 Å². The Morgan fingerprint density at radius 1 is 1.40 bits per heavy atom. The minimum absolute atomic E-state index is 0.0135.